The maximum Gasteiger partial charge on any atom is 0.307 e. The summed E-state index contributed by atoms with van der Waals surface area (Å²) in [6.45, 7) is 0. The Labute approximate surface area is 195 Å². The van der Waals surface area contributed by atoms with Crippen LogP contribution in [0.15, 0.2) is 71.5 Å². The molecule has 0 bridgehead atoms. The van der Waals surface area contributed by atoms with Crippen LogP contribution in [-0.2, 0) is 6.42 Å². The molecular weight excluding hydrogens is 438 g/mol. The van der Waals surface area contributed by atoms with E-state index in [9.17, 15) is 9.90 Å². The van der Waals surface area contributed by atoms with Gasteiger partial charge in [-0.3, -0.25) is 9.78 Å². The number of aromatic nitrogens is 1. The highest BCUT2D eigenvalue weighted by molar-refractivity contribution is 7.09. The van der Waals surface area contributed by atoms with Crippen molar-refractivity contribution < 1.29 is 19.3 Å². The van der Waals surface area contributed by atoms with Crippen LogP contribution in [0.25, 0.3) is 12.2 Å². The van der Waals surface area contributed by atoms with Crippen molar-refractivity contribution in [3.05, 3.63) is 98.0 Å². The molecule has 0 saturated heterocycles. The molecule has 4 rings (SSSR count). The van der Waals surface area contributed by atoms with E-state index in [0.29, 0.717) is 17.0 Å². The lowest BCUT2D eigenvalue weighted by molar-refractivity contribution is 0.394. The maximum absolute atomic E-state index is 11.3. The summed E-state index contributed by atoms with van der Waals surface area (Å²) in [6, 6.07) is 21.1. The molecule has 0 spiro atoms. The fourth-order valence-electron chi connectivity index (χ4n) is 3.23. The summed E-state index contributed by atoms with van der Waals surface area (Å²) in [6.07, 6.45) is 4.49. The van der Waals surface area contributed by atoms with Gasteiger partial charge in [0.25, 0.3) is 0 Å². The van der Waals surface area contributed by atoms with Gasteiger partial charge in [-0.25, -0.2) is 0 Å². The Hall–Kier alpha value is -3.97. The number of H-pyrrole nitrogens is 1. The normalized spacial score (nSPS) is 11.0. The van der Waals surface area contributed by atoms with Gasteiger partial charge in [0, 0.05) is 12.5 Å². The first-order chi connectivity index (χ1) is 16.0. The first-order valence-corrected chi connectivity index (χ1v) is 11.0. The van der Waals surface area contributed by atoms with Crippen LogP contribution in [0.4, 0.5) is 0 Å². The summed E-state index contributed by atoms with van der Waals surface area (Å²) in [5.74, 6) is 2.85. The number of hydrogen-bond acceptors (Lipinski definition) is 6. The lowest BCUT2D eigenvalue weighted by Gasteiger charge is -2.07. The second-order valence-electron chi connectivity index (χ2n) is 7.26. The van der Waals surface area contributed by atoms with Crippen LogP contribution in [0, 0.1) is 0 Å². The standard InChI is InChI=1S/C26H23NO5S/c1-30-22-13-19(14-23(16-22)31-2)4-3-17-5-9-20(10-6-17)32-21-11-7-18(8-12-21)15-24-25(28)27-26(29)33-24/h3-14,16,28H,15H2,1-2H3,(H,27,29). The highest BCUT2D eigenvalue weighted by Gasteiger charge is 2.08. The van der Waals surface area contributed by atoms with Crippen molar-refractivity contribution in [2.45, 2.75) is 6.42 Å². The number of thiazole rings is 1. The molecule has 0 amide bonds. The SMILES string of the molecule is COc1cc(C=Cc2ccc(Oc3ccc(Cc4sc(=O)[nH]c4O)cc3)cc2)cc(OC)c1. The Morgan fingerprint density at radius 2 is 1.39 bits per heavy atom. The van der Waals surface area contributed by atoms with E-state index in [1.54, 1.807) is 14.2 Å². The van der Waals surface area contributed by atoms with Crippen molar-refractivity contribution in [2.75, 3.05) is 14.2 Å². The molecule has 0 atom stereocenters. The van der Waals surface area contributed by atoms with Gasteiger partial charge >= 0.3 is 4.87 Å². The topological polar surface area (TPSA) is 80.8 Å². The van der Waals surface area contributed by atoms with E-state index in [2.05, 4.69) is 4.98 Å². The first-order valence-electron chi connectivity index (χ1n) is 10.2. The zero-order valence-electron chi connectivity index (χ0n) is 18.2. The number of ether oxygens (including phenoxy) is 3. The molecule has 2 N–H and O–H groups in total. The van der Waals surface area contributed by atoms with Crippen molar-refractivity contribution in [3.8, 4) is 28.9 Å². The molecule has 0 aliphatic heterocycles. The summed E-state index contributed by atoms with van der Waals surface area (Å²) >= 11 is 1.01. The van der Waals surface area contributed by atoms with Crippen molar-refractivity contribution in [2.24, 2.45) is 0 Å². The van der Waals surface area contributed by atoms with E-state index in [4.69, 9.17) is 14.2 Å². The molecule has 4 aromatic rings. The third-order valence-electron chi connectivity index (χ3n) is 4.95. The number of aromatic amines is 1. The van der Waals surface area contributed by atoms with Crippen molar-refractivity contribution in [1.82, 2.24) is 4.98 Å². The summed E-state index contributed by atoms with van der Waals surface area (Å²) in [4.78, 5) is 14.1. The second kappa shape index (κ2) is 10.1. The van der Waals surface area contributed by atoms with Crippen LogP contribution in [0.2, 0.25) is 0 Å². The van der Waals surface area contributed by atoms with Gasteiger partial charge in [0.1, 0.15) is 23.0 Å². The molecule has 0 unspecified atom stereocenters. The summed E-state index contributed by atoms with van der Waals surface area (Å²) < 4.78 is 16.5. The maximum atomic E-state index is 11.3. The molecule has 0 fully saturated rings. The Balaban J connectivity index is 1.39. The fourth-order valence-corrected chi connectivity index (χ4v) is 3.99. The van der Waals surface area contributed by atoms with E-state index in [-0.39, 0.29) is 10.8 Å². The van der Waals surface area contributed by atoms with Crippen LogP contribution in [0.1, 0.15) is 21.6 Å². The van der Waals surface area contributed by atoms with Gasteiger partial charge in [-0.2, -0.15) is 0 Å². The van der Waals surface area contributed by atoms with Gasteiger partial charge in [-0.05, 0) is 53.1 Å². The number of hydrogen-bond donors (Lipinski definition) is 2. The van der Waals surface area contributed by atoms with E-state index in [1.807, 2.05) is 78.9 Å². The number of benzene rings is 3. The minimum absolute atomic E-state index is 0.0648. The van der Waals surface area contributed by atoms with Gasteiger partial charge < -0.3 is 19.3 Å². The Morgan fingerprint density at radius 3 is 1.94 bits per heavy atom. The predicted octanol–water partition coefficient (Wildman–Crippen LogP) is 5.71. The third-order valence-corrected chi connectivity index (χ3v) is 5.82. The number of nitrogens with one attached hydrogen (secondary N) is 1. The monoisotopic (exact) mass is 461 g/mol. The van der Waals surface area contributed by atoms with E-state index < -0.39 is 0 Å². The summed E-state index contributed by atoms with van der Waals surface area (Å²) in [7, 11) is 3.26. The molecule has 1 heterocycles. The smallest absolute Gasteiger partial charge is 0.307 e. The molecule has 6 nitrogen and oxygen atoms in total. The van der Waals surface area contributed by atoms with Crippen LogP contribution in [0.3, 0.4) is 0 Å². The quantitative estimate of drug-likeness (QED) is 0.328. The van der Waals surface area contributed by atoms with Crippen LogP contribution < -0.4 is 19.1 Å². The summed E-state index contributed by atoms with van der Waals surface area (Å²) in [5, 5.41) is 9.73. The Kier molecular flexibility index (Phi) is 6.80. The van der Waals surface area contributed by atoms with Gasteiger partial charge in [-0.15, -0.1) is 0 Å². The molecule has 3 aromatic carbocycles. The van der Waals surface area contributed by atoms with Gasteiger partial charge in [-0.1, -0.05) is 47.8 Å². The molecule has 7 heteroatoms. The van der Waals surface area contributed by atoms with Gasteiger partial charge in [0.05, 0.1) is 19.1 Å². The average Bonchev–Trinajstić information content (AvgIpc) is 3.15. The van der Waals surface area contributed by atoms with Gasteiger partial charge in [0.2, 0.25) is 5.88 Å². The zero-order valence-corrected chi connectivity index (χ0v) is 19.0. The number of methoxy groups -OCH3 is 2. The predicted molar refractivity (Wildman–Crippen MR) is 131 cm³/mol. The van der Waals surface area contributed by atoms with E-state index in [0.717, 1.165) is 45.3 Å². The first kappa shape index (κ1) is 22.2. The molecule has 1 aromatic heterocycles. The average molecular weight is 462 g/mol. The van der Waals surface area contributed by atoms with Crippen molar-refractivity contribution in [3.63, 3.8) is 0 Å². The molecule has 0 aliphatic carbocycles. The Bertz CT molecular complexity index is 1280. The largest absolute Gasteiger partial charge is 0.497 e. The van der Waals surface area contributed by atoms with Crippen LogP contribution in [0.5, 0.6) is 28.9 Å². The lowest BCUT2D eigenvalue weighted by atomic mass is 10.1. The molecular formula is C26H23NO5S. The number of rotatable bonds is 8. The lowest BCUT2D eigenvalue weighted by Crippen LogP contribution is -1.89. The Morgan fingerprint density at radius 1 is 0.818 bits per heavy atom. The molecule has 33 heavy (non-hydrogen) atoms. The fraction of sp³-hybridized carbons (Fsp3) is 0.115. The zero-order chi connectivity index (χ0) is 23.2. The second-order valence-corrected chi connectivity index (χ2v) is 8.33. The molecule has 0 aliphatic rings. The van der Waals surface area contributed by atoms with Gasteiger partial charge in [0.15, 0.2) is 0 Å². The van der Waals surface area contributed by atoms with Crippen molar-refractivity contribution >= 4 is 23.5 Å². The summed E-state index contributed by atoms with van der Waals surface area (Å²) in [5.41, 5.74) is 2.99. The highest BCUT2D eigenvalue weighted by atomic mass is 32.1. The number of aromatic hydroxyl groups is 1. The third kappa shape index (κ3) is 5.84. The highest BCUT2D eigenvalue weighted by Crippen LogP contribution is 2.26. The van der Waals surface area contributed by atoms with Crippen molar-refractivity contribution in [1.29, 1.82) is 0 Å². The van der Waals surface area contributed by atoms with E-state index >= 15 is 0 Å². The molecule has 0 radical (unpaired) electrons. The molecule has 0 saturated carbocycles. The van der Waals surface area contributed by atoms with Crippen LogP contribution >= 0.6 is 11.3 Å². The van der Waals surface area contributed by atoms with E-state index in [1.165, 1.54) is 0 Å². The van der Waals surface area contributed by atoms with Crippen LogP contribution in [-0.4, -0.2) is 24.3 Å². The minimum Gasteiger partial charge on any atom is -0.497 e. The molecule has 168 valence electrons. The minimum atomic E-state index is -0.260.